The third kappa shape index (κ3) is 6.40. The average molecular weight is 816 g/mol. The van der Waals surface area contributed by atoms with Crippen molar-refractivity contribution < 1.29 is 4.42 Å². The summed E-state index contributed by atoms with van der Waals surface area (Å²) in [6.07, 6.45) is 16.4. The lowest BCUT2D eigenvalue weighted by atomic mass is 9.80. The zero-order valence-corrected chi connectivity index (χ0v) is 34.9. The Hall–Kier alpha value is -7.70. The van der Waals surface area contributed by atoms with Gasteiger partial charge in [-0.25, -0.2) is 4.99 Å². The van der Waals surface area contributed by atoms with Crippen LogP contribution in [0.15, 0.2) is 226 Å². The minimum atomic E-state index is -0.412. The average Bonchev–Trinajstić information content (AvgIpc) is 3.91. The zero-order valence-electron chi connectivity index (χ0n) is 34.9. The van der Waals surface area contributed by atoms with E-state index in [1.54, 1.807) is 0 Å². The molecule has 1 N–H and O–H groups in total. The van der Waals surface area contributed by atoms with Crippen LogP contribution in [0.3, 0.4) is 0 Å². The molecule has 5 aliphatic rings. The first-order valence-corrected chi connectivity index (χ1v) is 21.9. The van der Waals surface area contributed by atoms with Crippen LogP contribution in [-0.2, 0) is 0 Å². The van der Waals surface area contributed by atoms with Gasteiger partial charge in [0.15, 0.2) is 6.17 Å². The van der Waals surface area contributed by atoms with E-state index in [1.165, 1.54) is 16.8 Å². The van der Waals surface area contributed by atoms with Crippen LogP contribution in [0, 0.1) is 11.8 Å². The molecule has 63 heavy (non-hydrogen) atoms. The number of aliphatic imine (C=N–C) groups is 2. The molecule has 0 spiro atoms. The van der Waals surface area contributed by atoms with Gasteiger partial charge < -0.3 is 19.5 Å². The predicted molar refractivity (Wildman–Crippen MR) is 256 cm³/mol. The number of likely N-dealkylation sites (tertiary alicyclic amines) is 1. The Morgan fingerprint density at radius 3 is 2.03 bits per heavy atom. The van der Waals surface area contributed by atoms with Crippen LogP contribution in [0.1, 0.15) is 46.6 Å². The SMILES string of the molecule is CN1C(c2ccccc2)=NC(=C2C=C(c3cc(-c4ccccc4)cc(-c4ccccc4)c3)C=NC2N2C3=CC=CCC3C3C=Cc4c(oc5ccccc45)C32)NC1c1ccccc1. The summed E-state index contributed by atoms with van der Waals surface area (Å²) in [6.45, 7) is 0. The quantitative estimate of drug-likeness (QED) is 0.182. The molecule has 7 aromatic rings. The van der Waals surface area contributed by atoms with Crippen molar-refractivity contribution in [3.63, 3.8) is 0 Å². The molecule has 6 heteroatoms. The summed E-state index contributed by atoms with van der Waals surface area (Å²) in [6, 6.07) is 57.8. The third-order valence-electron chi connectivity index (χ3n) is 13.3. The lowest BCUT2D eigenvalue weighted by molar-refractivity contribution is 0.202. The van der Waals surface area contributed by atoms with E-state index in [9.17, 15) is 0 Å². The molecule has 4 heterocycles. The number of hydrogen-bond donors (Lipinski definition) is 1. The maximum Gasteiger partial charge on any atom is 0.151 e. The van der Waals surface area contributed by atoms with E-state index in [4.69, 9.17) is 14.4 Å². The summed E-state index contributed by atoms with van der Waals surface area (Å²) in [5, 5.41) is 5.12. The van der Waals surface area contributed by atoms with E-state index < -0.39 is 6.17 Å². The van der Waals surface area contributed by atoms with Gasteiger partial charge in [0.1, 0.15) is 29.2 Å². The van der Waals surface area contributed by atoms with Gasteiger partial charge in [-0.1, -0.05) is 164 Å². The number of hydrogen-bond acceptors (Lipinski definition) is 6. The maximum absolute atomic E-state index is 6.90. The van der Waals surface area contributed by atoms with Gasteiger partial charge in [-0.05, 0) is 76.2 Å². The van der Waals surface area contributed by atoms with Gasteiger partial charge in [-0.3, -0.25) is 4.99 Å². The molecule has 6 nitrogen and oxygen atoms in total. The lowest BCUT2D eigenvalue weighted by Gasteiger charge is -2.40. The molecular weight excluding hydrogens is 771 g/mol. The normalized spacial score (nSPS) is 23.4. The number of furan rings is 1. The second-order valence-corrected chi connectivity index (χ2v) is 17.0. The van der Waals surface area contributed by atoms with Crippen LogP contribution in [0.25, 0.3) is 44.9 Å². The minimum Gasteiger partial charge on any atom is -0.458 e. The summed E-state index contributed by atoms with van der Waals surface area (Å²) in [5.74, 6) is 3.19. The van der Waals surface area contributed by atoms with Gasteiger partial charge in [0.2, 0.25) is 0 Å². The Balaban J connectivity index is 1.09. The van der Waals surface area contributed by atoms with Crippen molar-refractivity contribution in [3.8, 4) is 22.3 Å². The first kappa shape index (κ1) is 37.1. The van der Waals surface area contributed by atoms with E-state index in [1.807, 2.05) is 0 Å². The fraction of sp³-hybridized carbons (Fsp3) is 0.123. The molecule has 1 aromatic heterocycles. The number of nitrogens with zero attached hydrogens (tertiary/aromatic N) is 4. The standard InChI is InChI=1S/C57H45N5O/c1-61-55(39-22-10-4-11-23-39)59-54(60-56(61)40-24-12-5-13-25-40)49-35-44(43-33-41(37-18-6-2-7-19-37)32-42(34-43)38-20-8-3-9-21-38)36-58-57(49)62-50-28-16-14-26-45(50)47-30-31-48-46-27-15-17-29-51(46)63-53(48)52(47)62/h2-25,27-36,45,47,52,55,57,59H,26H2,1H3. The van der Waals surface area contributed by atoms with E-state index >= 15 is 0 Å². The van der Waals surface area contributed by atoms with Crippen LogP contribution in [0.5, 0.6) is 0 Å². The van der Waals surface area contributed by atoms with E-state index in [-0.39, 0.29) is 24.0 Å². The summed E-state index contributed by atoms with van der Waals surface area (Å²) in [7, 11) is 2.13. The Labute approximate surface area is 368 Å². The first-order valence-electron chi connectivity index (χ1n) is 21.9. The second-order valence-electron chi connectivity index (χ2n) is 17.0. The van der Waals surface area contributed by atoms with Crippen molar-refractivity contribution in [2.75, 3.05) is 7.05 Å². The number of benzene rings is 6. The van der Waals surface area contributed by atoms with E-state index in [0.29, 0.717) is 0 Å². The Bertz CT molecular complexity index is 3040. The number of dihydropyridines is 1. The highest BCUT2D eigenvalue weighted by molar-refractivity contribution is 6.12. The van der Waals surface area contributed by atoms with Gasteiger partial charge in [-0.15, -0.1) is 0 Å². The molecule has 0 amide bonds. The number of nitrogens with one attached hydrogen (secondary N) is 1. The summed E-state index contributed by atoms with van der Waals surface area (Å²) in [4.78, 5) is 16.1. The fourth-order valence-electron chi connectivity index (χ4n) is 10.3. The number of allylic oxidation sites excluding steroid dienone is 5. The Kier molecular flexibility index (Phi) is 9.03. The largest absolute Gasteiger partial charge is 0.458 e. The third-order valence-corrected chi connectivity index (χ3v) is 13.3. The molecule has 5 unspecified atom stereocenters. The molecule has 3 aliphatic heterocycles. The van der Waals surface area contributed by atoms with Crippen LogP contribution in [-0.4, -0.2) is 35.1 Å². The number of amidine groups is 1. The van der Waals surface area contributed by atoms with Gasteiger partial charge in [0, 0.05) is 58.5 Å². The predicted octanol–water partition coefficient (Wildman–Crippen LogP) is 12.6. The molecule has 12 rings (SSSR count). The fourth-order valence-corrected chi connectivity index (χ4v) is 10.3. The maximum atomic E-state index is 6.90. The van der Waals surface area contributed by atoms with Crippen LogP contribution in [0.4, 0.5) is 0 Å². The molecule has 1 fully saturated rings. The van der Waals surface area contributed by atoms with Crippen molar-refractivity contribution in [3.05, 3.63) is 239 Å². The van der Waals surface area contributed by atoms with E-state index in [2.05, 4.69) is 229 Å². The smallest absolute Gasteiger partial charge is 0.151 e. The zero-order chi connectivity index (χ0) is 41.9. The second kappa shape index (κ2) is 15.3. The topological polar surface area (TPSA) is 56.4 Å². The highest BCUT2D eigenvalue weighted by atomic mass is 16.3. The molecule has 0 radical (unpaired) electrons. The molecule has 0 saturated carbocycles. The van der Waals surface area contributed by atoms with Crippen molar-refractivity contribution in [2.24, 2.45) is 21.8 Å². The minimum absolute atomic E-state index is 0.0684. The summed E-state index contributed by atoms with van der Waals surface area (Å²) < 4.78 is 6.90. The van der Waals surface area contributed by atoms with Crippen molar-refractivity contribution in [1.82, 2.24) is 15.1 Å². The first-order chi connectivity index (χ1) is 31.2. The number of para-hydroxylation sites is 1. The van der Waals surface area contributed by atoms with Crippen molar-refractivity contribution in [2.45, 2.75) is 24.8 Å². The van der Waals surface area contributed by atoms with Crippen molar-refractivity contribution in [1.29, 1.82) is 0 Å². The van der Waals surface area contributed by atoms with Gasteiger partial charge >= 0.3 is 0 Å². The molecule has 6 aromatic carbocycles. The van der Waals surface area contributed by atoms with Crippen LogP contribution in [0.2, 0.25) is 0 Å². The van der Waals surface area contributed by atoms with Gasteiger partial charge in [0.25, 0.3) is 0 Å². The molecule has 0 bridgehead atoms. The number of rotatable bonds is 6. The highest BCUT2D eigenvalue weighted by Gasteiger charge is 2.52. The molecular formula is C57H45N5O. The van der Waals surface area contributed by atoms with Gasteiger partial charge in [0.05, 0.1) is 6.04 Å². The lowest BCUT2D eigenvalue weighted by Crippen LogP contribution is -2.45. The molecule has 304 valence electrons. The van der Waals surface area contributed by atoms with Crippen LogP contribution >= 0.6 is 0 Å². The highest BCUT2D eigenvalue weighted by Crippen LogP contribution is 2.57. The van der Waals surface area contributed by atoms with E-state index in [0.717, 1.165) is 79.3 Å². The number of fused-ring (bicyclic) bond motifs is 7. The van der Waals surface area contributed by atoms with Crippen molar-refractivity contribution >= 4 is 34.7 Å². The Morgan fingerprint density at radius 2 is 1.32 bits per heavy atom. The molecule has 2 aliphatic carbocycles. The van der Waals surface area contributed by atoms with Gasteiger partial charge in [-0.2, -0.15) is 0 Å². The monoisotopic (exact) mass is 815 g/mol. The molecule has 1 saturated heterocycles. The Morgan fingerprint density at radius 1 is 0.683 bits per heavy atom. The van der Waals surface area contributed by atoms with Crippen LogP contribution < -0.4 is 5.32 Å². The molecule has 5 atom stereocenters. The summed E-state index contributed by atoms with van der Waals surface area (Å²) in [5.41, 5.74) is 13.3. The summed E-state index contributed by atoms with van der Waals surface area (Å²) >= 11 is 0.